The van der Waals surface area contributed by atoms with Gasteiger partial charge >= 0.3 is 0 Å². The molecule has 0 bridgehead atoms. The molecule has 0 aliphatic rings. The lowest BCUT2D eigenvalue weighted by Gasteiger charge is -2.14. The first-order valence-corrected chi connectivity index (χ1v) is 8.25. The Labute approximate surface area is 146 Å². The predicted octanol–water partition coefficient (Wildman–Crippen LogP) is 3.22. The van der Waals surface area contributed by atoms with Gasteiger partial charge in [0, 0.05) is 0 Å². The molecule has 0 fully saturated rings. The van der Waals surface area contributed by atoms with Crippen molar-refractivity contribution in [3.63, 3.8) is 0 Å². The lowest BCUT2D eigenvalue weighted by molar-refractivity contribution is 0.287. The smallest absolute Gasteiger partial charge is 0.184 e. The van der Waals surface area contributed by atoms with Crippen LogP contribution < -0.4 is 15.2 Å². The van der Waals surface area contributed by atoms with Crippen LogP contribution in [-0.2, 0) is 0 Å². The van der Waals surface area contributed by atoms with Crippen molar-refractivity contribution in [1.29, 1.82) is 0 Å². The third-order valence-corrected chi connectivity index (χ3v) is 3.82. The van der Waals surface area contributed by atoms with Crippen molar-refractivity contribution in [2.45, 2.75) is 26.8 Å². The van der Waals surface area contributed by atoms with Crippen LogP contribution in [0.4, 0.5) is 0 Å². The second-order valence-corrected chi connectivity index (χ2v) is 5.48. The number of ether oxygens (including phenoxy) is 2. The van der Waals surface area contributed by atoms with Crippen LogP contribution in [0.15, 0.2) is 34.9 Å². The number of H-pyrrole nitrogens is 1. The summed E-state index contributed by atoms with van der Waals surface area (Å²) >= 11 is 0. The lowest BCUT2D eigenvalue weighted by atomic mass is 10.1. The van der Waals surface area contributed by atoms with E-state index in [4.69, 9.17) is 19.6 Å². The summed E-state index contributed by atoms with van der Waals surface area (Å²) in [4.78, 5) is 4.50. The van der Waals surface area contributed by atoms with Crippen LogP contribution in [0.1, 0.15) is 37.0 Å². The Hall–Kier alpha value is -2.80. The maximum absolute atomic E-state index is 6.36. The van der Waals surface area contributed by atoms with Gasteiger partial charge in [-0.25, -0.2) is 4.98 Å². The van der Waals surface area contributed by atoms with E-state index in [2.05, 4.69) is 15.2 Å². The van der Waals surface area contributed by atoms with Crippen LogP contribution in [0.2, 0.25) is 0 Å². The molecular formula is C18H22N4O3. The first-order chi connectivity index (χ1) is 12.1. The number of furan rings is 1. The molecule has 0 saturated heterocycles. The molecule has 0 radical (unpaired) electrons. The summed E-state index contributed by atoms with van der Waals surface area (Å²) < 4.78 is 16.5. The highest BCUT2D eigenvalue weighted by molar-refractivity contribution is 5.56. The van der Waals surface area contributed by atoms with Crippen molar-refractivity contribution in [3.05, 3.63) is 47.7 Å². The van der Waals surface area contributed by atoms with Gasteiger partial charge in [0.05, 0.1) is 31.1 Å². The van der Waals surface area contributed by atoms with E-state index in [1.165, 1.54) is 0 Å². The number of nitrogens with zero attached hydrogens (tertiary/aromatic N) is 2. The van der Waals surface area contributed by atoms with Gasteiger partial charge < -0.3 is 19.6 Å². The molecule has 0 amide bonds. The quantitative estimate of drug-likeness (QED) is 0.684. The van der Waals surface area contributed by atoms with Gasteiger partial charge in [-0.3, -0.25) is 5.10 Å². The minimum absolute atomic E-state index is 0.455. The summed E-state index contributed by atoms with van der Waals surface area (Å²) in [6.45, 7) is 6.85. The molecule has 0 saturated carbocycles. The van der Waals surface area contributed by atoms with Crippen molar-refractivity contribution in [2.24, 2.45) is 5.73 Å². The number of benzene rings is 1. The van der Waals surface area contributed by atoms with Crippen LogP contribution in [0.25, 0.3) is 11.4 Å². The number of hydrogen-bond donors (Lipinski definition) is 2. The number of aromatic amines is 1. The summed E-state index contributed by atoms with van der Waals surface area (Å²) in [6.07, 6.45) is 1.61. The van der Waals surface area contributed by atoms with E-state index >= 15 is 0 Å². The summed E-state index contributed by atoms with van der Waals surface area (Å²) in [5.41, 5.74) is 8.06. The second kappa shape index (κ2) is 7.40. The molecule has 0 spiro atoms. The Kier molecular flexibility index (Phi) is 5.04. The maximum atomic E-state index is 6.36. The minimum atomic E-state index is -0.455. The highest BCUT2D eigenvalue weighted by Crippen LogP contribution is 2.32. The number of aromatic nitrogens is 3. The Bertz CT molecular complexity index is 840. The molecule has 0 unspecified atom stereocenters. The van der Waals surface area contributed by atoms with E-state index in [1.54, 1.807) is 6.26 Å². The van der Waals surface area contributed by atoms with E-state index in [0.29, 0.717) is 36.4 Å². The average Bonchev–Trinajstić information content (AvgIpc) is 3.25. The zero-order valence-electron chi connectivity index (χ0n) is 14.6. The summed E-state index contributed by atoms with van der Waals surface area (Å²) in [7, 11) is 0. The Morgan fingerprint density at radius 3 is 2.60 bits per heavy atom. The molecule has 2 heterocycles. The first kappa shape index (κ1) is 17.0. The highest BCUT2D eigenvalue weighted by Gasteiger charge is 2.18. The summed E-state index contributed by atoms with van der Waals surface area (Å²) in [5, 5.41) is 7.15. The number of nitrogens with one attached hydrogen (secondary N) is 1. The van der Waals surface area contributed by atoms with Crippen molar-refractivity contribution in [3.8, 4) is 22.9 Å². The molecule has 3 rings (SSSR count). The zero-order valence-corrected chi connectivity index (χ0v) is 14.6. The van der Waals surface area contributed by atoms with Crippen LogP contribution >= 0.6 is 0 Å². The van der Waals surface area contributed by atoms with Crippen LogP contribution in [0.5, 0.6) is 11.5 Å². The molecular weight excluding hydrogens is 320 g/mol. The van der Waals surface area contributed by atoms with Gasteiger partial charge in [-0.05, 0) is 44.5 Å². The normalized spacial score (nSPS) is 12.2. The van der Waals surface area contributed by atoms with Gasteiger partial charge in [0.1, 0.15) is 11.6 Å². The topological polar surface area (TPSA) is 99.2 Å². The fraction of sp³-hybridized carbons (Fsp3) is 0.333. The van der Waals surface area contributed by atoms with Crippen LogP contribution in [-0.4, -0.2) is 28.4 Å². The fourth-order valence-electron chi connectivity index (χ4n) is 2.57. The molecule has 0 aliphatic carbocycles. The Balaban J connectivity index is 1.88. The molecule has 7 nitrogen and oxygen atoms in total. The van der Waals surface area contributed by atoms with E-state index < -0.39 is 6.04 Å². The van der Waals surface area contributed by atoms with E-state index in [1.807, 2.05) is 45.0 Å². The number of nitrogens with two attached hydrogens (primary N) is 1. The molecule has 3 N–H and O–H groups in total. The van der Waals surface area contributed by atoms with E-state index in [-0.39, 0.29) is 0 Å². The summed E-state index contributed by atoms with van der Waals surface area (Å²) in [6, 6.07) is 7.02. The largest absolute Gasteiger partial charge is 0.490 e. The molecule has 3 aromatic rings. The minimum Gasteiger partial charge on any atom is -0.490 e. The van der Waals surface area contributed by atoms with Gasteiger partial charge in [-0.15, -0.1) is 0 Å². The monoisotopic (exact) mass is 342 g/mol. The van der Waals surface area contributed by atoms with E-state index in [9.17, 15) is 0 Å². The predicted molar refractivity (Wildman–Crippen MR) is 93.6 cm³/mol. The third kappa shape index (κ3) is 3.51. The first-order valence-electron chi connectivity index (χ1n) is 8.25. The fourth-order valence-corrected chi connectivity index (χ4v) is 2.57. The second-order valence-electron chi connectivity index (χ2n) is 5.48. The van der Waals surface area contributed by atoms with Gasteiger partial charge in [-0.2, -0.15) is 5.10 Å². The molecule has 0 aliphatic heterocycles. The summed E-state index contributed by atoms with van der Waals surface area (Å²) in [5.74, 6) is 3.27. The van der Waals surface area contributed by atoms with Gasteiger partial charge in [0.15, 0.2) is 17.3 Å². The SMILES string of the molecule is CCOc1ccc([C@@H](N)c2nc(-c3ccoc3C)n[nH]2)cc1OCC. The van der Waals surface area contributed by atoms with Crippen molar-refractivity contribution >= 4 is 0 Å². The lowest BCUT2D eigenvalue weighted by Crippen LogP contribution is -2.14. The molecule has 25 heavy (non-hydrogen) atoms. The Morgan fingerprint density at radius 2 is 1.92 bits per heavy atom. The van der Waals surface area contributed by atoms with Crippen LogP contribution in [0, 0.1) is 6.92 Å². The van der Waals surface area contributed by atoms with Crippen LogP contribution in [0.3, 0.4) is 0 Å². The maximum Gasteiger partial charge on any atom is 0.184 e. The molecule has 7 heteroatoms. The van der Waals surface area contributed by atoms with Gasteiger partial charge in [0.2, 0.25) is 0 Å². The number of rotatable bonds is 7. The third-order valence-electron chi connectivity index (χ3n) is 3.82. The standard InChI is InChI=1S/C18H22N4O3/c1-4-23-14-7-6-12(10-15(14)24-5-2)16(19)18-20-17(21-22-18)13-8-9-25-11(13)3/h6-10,16H,4-5,19H2,1-3H3,(H,20,21,22)/t16-/m1/s1. The zero-order chi connectivity index (χ0) is 17.8. The molecule has 1 atom stereocenters. The molecule has 1 aromatic carbocycles. The molecule has 132 valence electrons. The van der Waals surface area contributed by atoms with E-state index in [0.717, 1.165) is 16.9 Å². The van der Waals surface area contributed by atoms with Gasteiger partial charge in [0.25, 0.3) is 0 Å². The Morgan fingerprint density at radius 1 is 1.16 bits per heavy atom. The average molecular weight is 342 g/mol. The highest BCUT2D eigenvalue weighted by atomic mass is 16.5. The molecule has 2 aromatic heterocycles. The number of aryl methyl sites for hydroxylation is 1. The van der Waals surface area contributed by atoms with Crippen molar-refractivity contribution in [1.82, 2.24) is 15.2 Å². The number of hydrogen-bond acceptors (Lipinski definition) is 6. The van der Waals surface area contributed by atoms with Crippen molar-refractivity contribution < 1.29 is 13.9 Å². The van der Waals surface area contributed by atoms with Crippen molar-refractivity contribution in [2.75, 3.05) is 13.2 Å². The van der Waals surface area contributed by atoms with Gasteiger partial charge in [-0.1, -0.05) is 6.07 Å².